The second-order valence-corrected chi connectivity index (χ2v) is 11.6. The number of allylic oxidation sites excluding steroid dienone is 2. The largest absolute Gasteiger partial charge is 0.508 e. The molecule has 0 aromatic heterocycles. The van der Waals surface area contributed by atoms with Crippen LogP contribution < -0.4 is 0 Å². The quantitative estimate of drug-likeness (QED) is 0.296. The van der Waals surface area contributed by atoms with Crippen LogP contribution in [0, 0.1) is 17.8 Å². The van der Waals surface area contributed by atoms with E-state index in [0.29, 0.717) is 6.61 Å². The van der Waals surface area contributed by atoms with E-state index in [4.69, 9.17) is 4.74 Å². The summed E-state index contributed by atoms with van der Waals surface area (Å²) in [5.74, 6) is 0.122. The summed E-state index contributed by atoms with van der Waals surface area (Å²) in [6.07, 6.45) is 14.4. The molecule has 200 valence electrons. The van der Waals surface area contributed by atoms with Gasteiger partial charge in [-0.3, -0.25) is 14.5 Å². The number of fused-ring (bicyclic) bond motifs is 3. The fraction of sp³-hybridized carbons (Fsp3) is 0.625. The lowest BCUT2D eigenvalue weighted by Gasteiger charge is -2.32. The van der Waals surface area contributed by atoms with Gasteiger partial charge in [-0.2, -0.15) is 0 Å². The van der Waals surface area contributed by atoms with Crippen molar-refractivity contribution in [3.8, 4) is 5.75 Å². The van der Waals surface area contributed by atoms with Crippen LogP contribution in [0.25, 0.3) is 6.08 Å². The molecule has 0 radical (unpaired) electrons. The van der Waals surface area contributed by atoms with Crippen LogP contribution in [0.1, 0.15) is 96.5 Å². The number of ether oxygens (including phenoxy) is 1. The van der Waals surface area contributed by atoms with Gasteiger partial charge in [0, 0.05) is 12.0 Å². The number of aromatic hydroxyl groups is 1. The molecule has 4 aliphatic rings. The van der Waals surface area contributed by atoms with Gasteiger partial charge in [0.15, 0.2) is 0 Å². The molecule has 2 aliphatic carbocycles. The van der Waals surface area contributed by atoms with E-state index in [-0.39, 0.29) is 47.5 Å². The molecule has 5 nitrogen and oxygen atoms in total. The molecule has 3 fully saturated rings. The van der Waals surface area contributed by atoms with Crippen LogP contribution in [0.5, 0.6) is 5.75 Å². The number of amides is 2. The van der Waals surface area contributed by atoms with Crippen molar-refractivity contribution in [2.45, 2.75) is 103 Å². The Morgan fingerprint density at radius 1 is 1.00 bits per heavy atom. The molecule has 0 spiro atoms. The van der Waals surface area contributed by atoms with Crippen LogP contribution >= 0.6 is 0 Å². The number of hydrogen-bond acceptors (Lipinski definition) is 4. The van der Waals surface area contributed by atoms with Crippen molar-refractivity contribution in [1.82, 2.24) is 4.90 Å². The Morgan fingerprint density at radius 2 is 1.76 bits per heavy atom. The molecule has 1 saturated carbocycles. The zero-order valence-electron chi connectivity index (χ0n) is 22.6. The summed E-state index contributed by atoms with van der Waals surface area (Å²) in [4.78, 5) is 29.0. The van der Waals surface area contributed by atoms with Crippen molar-refractivity contribution >= 4 is 17.9 Å². The smallest absolute Gasteiger partial charge is 0.234 e. The molecule has 2 aliphatic heterocycles. The molecule has 4 atom stereocenters. The van der Waals surface area contributed by atoms with Gasteiger partial charge < -0.3 is 9.84 Å². The molecule has 2 amide bonds. The number of phenolic OH excluding ortho intramolecular Hbond substituents is 1. The van der Waals surface area contributed by atoms with E-state index in [1.807, 2.05) is 12.1 Å². The topological polar surface area (TPSA) is 66.8 Å². The highest BCUT2D eigenvalue weighted by molar-refractivity contribution is 6.06. The first-order chi connectivity index (χ1) is 18.0. The van der Waals surface area contributed by atoms with Crippen LogP contribution in [0.2, 0.25) is 0 Å². The van der Waals surface area contributed by atoms with E-state index in [2.05, 4.69) is 19.9 Å². The van der Waals surface area contributed by atoms with Crippen LogP contribution in [0.4, 0.5) is 0 Å². The van der Waals surface area contributed by atoms with Crippen LogP contribution in [0.3, 0.4) is 0 Å². The fourth-order valence-corrected chi connectivity index (χ4v) is 7.45. The molecule has 5 rings (SSSR count). The van der Waals surface area contributed by atoms with Crippen molar-refractivity contribution in [2.24, 2.45) is 17.8 Å². The zero-order valence-corrected chi connectivity index (χ0v) is 22.6. The minimum atomic E-state index is -0.224. The van der Waals surface area contributed by atoms with Crippen molar-refractivity contribution in [1.29, 1.82) is 0 Å². The number of likely N-dealkylation sites (tertiary alicyclic amines) is 1. The molecule has 2 saturated heterocycles. The van der Waals surface area contributed by atoms with Crippen molar-refractivity contribution in [3.63, 3.8) is 0 Å². The Hall–Kier alpha value is -2.40. The lowest BCUT2D eigenvalue weighted by atomic mass is 9.68. The highest BCUT2D eigenvalue weighted by atomic mass is 16.5. The second-order valence-electron chi connectivity index (χ2n) is 11.6. The first kappa shape index (κ1) is 26.2. The summed E-state index contributed by atoms with van der Waals surface area (Å²) in [5, 5.41) is 9.62. The van der Waals surface area contributed by atoms with Gasteiger partial charge in [-0.05, 0) is 68.2 Å². The lowest BCUT2D eigenvalue weighted by molar-refractivity contribution is -0.143. The summed E-state index contributed by atoms with van der Waals surface area (Å²) in [6.45, 7) is 4.97. The van der Waals surface area contributed by atoms with Gasteiger partial charge in [-0.1, -0.05) is 75.3 Å². The third-order valence-corrected chi connectivity index (χ3v) is 9.10. The average Bonchev–Trinajstić information content (AvgIpc) is 3.43. The van der Waals surface area contributed by atoms with Crippen LogP contribution in [0.15, 0.2) is 41.0 Å². The first-order valence-electron chi connectivity index (χ1n) is 14.7. The van der Waals surface area contributed by atoms with Gasteiger partial charge in [-0.15, -0.1) is 0 Å². The van der Waals surface area contributed by atoms with E-state index < -0.39 is 0 Å². The minimum absolute atomic E-state index is 0.0409. The number of rotatable bonds is 9. The van der Waals surface area contributed by atoms with E-state index >= 15 is 0 Å². The second kappa shape index (κ2) is 11.6. The molecule has 1 aromatic carbocycles. The van der Waals surface area contributed by atoms with Crippen molar-refractivity contribution in [3.05, 3.63) is 46.5 Å². The van der Waals surface area contributed by atoms with Gasteiger partial charge in [0.25, 0.3) is 0 Å². The van der Waals surface area contributed by atoms with E-state index in [9.17, 15) is 14.7 Å². The normalized spacial score (nSPS) is 28.7. The predicted molar refractivity (Wildman–Crippen MR) is 146 cm³/mol. The first-order valence-corrected chi connectivity index (χ1v) is 14.7. The maximum Gasteiger partial charge on any atom is 0.234 e. The van der Waals surface area contributed by atoms with Crippen LogP contribution in [-0.2, 0) is 14.3 Å². The minimum Gasteiger partial charge on any atom is -0.508 e. The Balaban J connectivity index is 1.35. The van der Waals surface area contributed by atoms with Gasteiger partial charge in [0.1, 0.15) is 5.75 Å². The van der Waals surface area contributed by atoms with Gasteiger partial charge in [0.2, 0.25) is 11.8 Å². The number of phenols is 1. The molecule has 2 heterocycles. The molecule has 1 aromatic rings. The highest BCUT2D eigenvalue weighted by Gasteiger charge is 2.57. The number of hydrogen-bond donors (Lipinski definition) is 1. The van der Waals surface area contributed by atoms with E-state index in [0.717, 1.165) is 76.2 Å². The predicted octanol–water partition coefficient (Wildman–Crippen LogP) is 6.81. The number of imide groups is 1. The van der Waals surface area contributed by atoms with Crippen LogP contribution in [-0.4, -0.2) is 40.6 Å². The summed E-state index contributed by atoms with van der Waals surface area (Å²) < 4.78 is 6.44. The van der Waals surface area contributed by atoms with Crippen molar-refractivity contribution < 1.29 is 19.4 Å². The molecular formula is C32H43NO4. The third kappa shape index (κ3) is 5.30. The van der Waals surface area contributed by atoms with Gasteiger partial charge in [-0.25, -0.2) is 0 Å². The summed E-state index contributed by atoms with van der Waals surface area (Å²) >= 11 is 0. The molecular weight excluding hydrogens is 462 g/mol. The third-order valence-electron chi connectivity index (χ3n) is 9.10. The zero-order chi connectivity index (χ0) is 25.9. The molecule has 0 bridgehead atoms. The SMILES string of the molecule is CCCC1=C2[C@@H](CC/C(=C/c3ccc(O)cc3)CCC)OC[C@@H]2[C@@H]2C(=O)N(C3CCCCC3)C(=O)[C@@H]2C1. The number of carbonyl (C=O) groups is 2. The van der Waals surface area contributed by atoms with Gasteiger partial charge in [0.05, 0.1) is 24.5 Å². The summed E-state index contributed by atoms with van der Waals surface area (Å²) in [7, 11) is 0. The Labute approximate surface area is 222 Å². The number of benzene rings is 1. The maximum atomic E-state index is 13.7. The van der Waals surface area contributed by atoms with E-state index in [1.165, 1.54) is 23.1 Å². The number of nitrogens with zero attached hydrogens (tertiary/aromatic N) is 1. The van der Waals surface area contributed by atoms with Crippen molar-refractivity contribution in [2.75, 3.05) is 6.61 Å². The monoisotopic (exact) mass is 505 g/mol. The number of carbonyl (C=O) groups excluding carboxylic acids is 2. The molecule has 0 unspecified atom stereocenters. The molecule has 1 N–H and O–H groups in total. The maximum absolute atomic E-state index is 13.7. The Bertz CT molecular complexity index is 1050. The lowest BCUT2D eigenvalue weighted by Crippen LogP contribution is -2.42. The van der Waals surface area contributed by atoms with E-state index in [1.54, 1.807) is 17.0 Å². The molecule has 5 heteroatoms. The summed E-state index contributed by atoms with van der Waals surface area (Å²) in [6, 6.07) is 7.49. The highest BCUT2D eigenvalue weighted by Crippen LogP contribution is 2.51. The Kier molecular flexibility index (Phi) is 8.18. The fourth-order valence-electron chi connectivity index (χ4n) is 7.45. The standard InChI is InChI=1S/C32H43NO4/c1-3-8-21(18-22-12-15-25(34)16-13-22)14-17-28-29-23(9-4-2)19-26-30(27(29)20-37-28)32(36)33(31(26)35)24-10-6-5-7-11-24/h12-13,15-16,18,24,26-28,30,34H,3-11,14,17,19-20H2,1-2H3/b21-18+/t26-,27+,28-,30-/m1/s1. The molecule has 37 heavy (non-hydrogen) atoms. The summed E-state index contributed by atoms with van der Waals surface area (Å²) in [5.41, 5.74) is 5.25. The Morgan fingerprint density at radius 3 is 2.46 bits per heavy atom. The average molecular weight is 506 g/mol. The van der Waals surface area contributed by atoms with Gasteiger partial charge >= 0.3 is 0 Å².